The Labute approximate surface area is 55.5 Å². The maximum absolute atomic E-state index is 8.50. The van der Waals surface area contributed by atoms with Gasteiger partial charge in [0.1, 0.15) is 0 Å². The number of hydrogen-bond acceptors (Lipinski definition) is 3. The summed E-state index contributed by atoms with van der Waals surface area (Å²) in [7, 11) is 0. The van der Waals surface area contributed by atoms with E-state index in [0.717, 1.165) is 12.8 Å². The van der Waals surface area contributed by atoms with Crippen LogP contribution in [0.3, 0.4) is 0 Å². The van der Waals surface area contributed by atoms with E-state index in [1.54, 1.807) is 0 Å². The summed E-state index contributed by atoms with van der Waals surface area (Å²) in [6.45, 7) is 4.12. The summed E-state index contributed by atoms with van der Waals surface area (Å²) in [6, 6.07) is 0. The molecule has 0 spiro atoms. The van der Waals surface area contributed by atoms with Gasteiger partial charge in [-0.25, -0.2) is 9.78 Å². The van der Waals surface area contributed by atoms with Crippen LogP contribution in [0.4, 0.5) is 0 Å². The minimum atomic E-state index is -0.818. The predicted molar refractivity (Wildman–Crippen MR) is 33.6 cm³/mol. The Morgan fingerprint density at radius 2 is 2.22 bits per heavy atom. The Hall–Kier alpha value is -0.120. The van der Waals surface area contributed by atoms with Crippen LogP contribution >= 0.6 is 0 Å². The summed E-state index contributed by atoms with van der Waals surface area (Å²) < 4.78 is 0. The van der Waals surface area contributed by atoms with Crippen LogP contribution in [0, 0.1) is 0 Å². The van der Waals surface area contributed by atoms with Crippen LogP contribution in [0.15, 0.2) is 0 Å². The Balaban J connectivity index is 2.75. The molecule has 0 aliphatic carbocycles. The van der Waals surface area contributed by atoms with Gasteiger partial charge in [0.05, 0.1) is 6.61 Å². The van der Waals surface area contributed by atoms with E-state index in [2.05, 4.69) is 16.7 Å². The zero-order chi connectivity index (χ0) is 7.11. The van der Waals surface area contributed by atoms with Crippen LogP contribution < -0.4 is 0 Å². The van der Waals surface area contributed by atoms with E-state index in [-0.39, 0.29) is 0 Å². The monoisotopic (exact) mass is 134 g/mol. The highest BCUT2D eigenvalue weighted by Gasteiger charge is 1.92. The molecule has 0 aromatic carbocycles. The van der Waals surface area contributed by atoms with Crippen LogP contribution in [0.25, 0.3) is 0 Å². The van der Waals surface area contributed by atoms with Gasteiger partial charge in [-0.3, -0.25) is 0 Å². The lowest BCUT2D eigenvalue weighted by Gasteiger charge is -2.03. The smallest absolute Gasteiger partial charge is 0.185 e. The Kier molecular flexibility index (Phi) is 5.93. The molecule has 56 valence electrons. The zero-order valence-electron chi connectivity index (χ0n) is 5.96. The fourth-order valence-electron chi connectivity index (χ4n) is 0.350. The molecule has 1 atom stereocenters. The highest BCUT2D eigenvalue weighted by molar-refractivity contribution is 4.26. The molecule has 0 amide bonds. The minimum absolute atomic E-state index is 0.557. The minimum Gasteiger partial charge on any atom is -0.366 e. The summed E-state index contributed by atoms with van der Waals surface area (Å²) in [6.07, 6.45) is 1.22. The van der Waals surface area contributed by atoms with Gasteiger partial charge in [-0.05, 0) is 13.3 Å². The molecule has 3 nitrogen and oxygen atoms in total. The number of hydrogen-bond donors (Lipinski definition) is 1. The number of aliphatic hydroxyl groups excluding tert-OH is 1. The summed E-state index contributed by atoms with van der Waals surface area (Å²) in [5, 5.41) is 8.50. The summed E-state index contributed by atoms with van der Waals surface area (Å²) in [4.78, 5) is 8.98. The van der Waals surface area contributed by atoms with Gasteiger partial charge >= 0.3 is 0 Å². The predicted octanol–water partition coefficient (Wildman–Crippen LogP) is 1.07. The van der Waals surface area contributed by atoms with E-state index in [1.807, 2.05) is 0 Å². The molecule has 0 rings (SSSR count). The van der Waals surface area contributed by atoms with Gasteiger partial charge in [-0.2, -0.15) is 0 Å². The molecule has 0 aliphatic rings. The van der Waals surface area contributed by atoms with E-state index in [1.165, 1.54) is 6.92 Å². The first-order valence-corrected chi connectivity index (χ1v) is 3.23. The standard InChI is InChI=1S/C6H14O3/c1-3-4-5-8-9-6(2)7/h6-7H,3-5H2,1-2H3. The number of rotatable bonds is 5. The third kappa shape index (κ3) is 7.88. The van der Waals surface area contributed by atoms with E-state index in [4.69, 9.17) is 5.11 Å². The molecular formula is C6H14O3. The van der Waals surface area contributed by atoms with Crippen molar-refractivity contribution in [1.82, 2.24) is 0 Å². The summed E-state index contributed by atoms with van der Waals surface area (Å²) in [5.41, 5.74) is 0. The fraction of sp³-hybridized carbons (Fsp3) is 1.00. The molecule has 0 saturated heterocycles. The third-order valence-electron chi connectivity index (χ3n) is 0.789. The average molecular weight is 134 g/mol. The van der Waals surface area contributed by atoms with Crippen molar-refractivity contribution in [2.75, 3.05) is 6.61 Å². The second kappa shape index (κ2) is 6.01. The Bertz CT molecular complexity index is 54.3. The zero-order valence-corrected chi connectivity index (χ0v) is 5.96. The van der Waals surface area contributed by atoms with Gasteiger partial charge in [-0.15, -0.1) is 0 Å². The van der Waals surface area contributed by atoms with Gasteiger partial charge < -0.3 is 5.11 Å². The lowest BCUT2D eigenvalue weighted by atomic mass is 10.4. The van der Waals surface area contributed by atoms with E-state index in [9.17, 15) is 0 Å². The van der Waals surface area contributed by atoms with Crippen LogP contribution in [0.2, 0.25) is 0 Å². The molecule has 1 unspecified atom stereocenters. The van der Waals surface area contributed by atoms with Gasteiger partial charge in [0.2, 0.25) is 0 Å². The van der Waals surface area contributed by atoms with Crippen LogP contribution in [-0.2, 0) is 9.78 Å². The molecule has 0 heterocycles. The first kappa shape index (κ1) is 8.88. The van der Waals surface area contributed by atoms with Crippen molar-refractivity contribution < 1.29 is 14.9 Å². The van der Waals surface area contributed by atoms with Crippen molar-refractivity contribution in [3.63, 3.8) is 0 Å². The van der Waals surface area contributed by atoms with E-state index < -0.39 is 6.29 Å². The first-order chi connectivity index (χ1) is 4.27. The molecule has 0 aromatic heterocycles. The molecule has 3 heteroatoms. The molecule has 1 N–H and O–H groups in total. The van der Waals surface area contributed by atoms with Gasteiger partial charge in [-0.1, -0.05) is 13.3 Å². The quantitative estimate of drug-likeness (QED) is 0.264. The van der Waals surface area contributed by atoms with Crippen LogP contribution in [0.5, 0.6) is 0 Å². The molecular weight excluding hydrogens is 120 g/mol. The third-order valence-corrected chi connectivity index (χ3v) is 0.789. The van der Waals surface area contributed by atoms with Crippen molar-refractivity contribution in [2.24, 2.45) is 0 Å². The van der Waals surface area contributed by atoms with Crippen LogP contribution in [-0.4, -0.2) is 18.0 Å². The second-order valence-corrected chi connectivity index (χ2v) is 1.87. The second-order valence-electron chi connectivity index (χ2n) is 1.87. The Morgan fingerprint density at radius 3 is 2.67 bits per heavy atom. The highest BCUT2D eigenvalue weighted by Crippen LogP contribution is 1.90. The SMILES string of the molecule is CCCCOOC(C)O. The molecule has 0 fully saturated rings. The lowest BCUT2D eigenvalue weighted by Crippen LogP contribution is -2.07. The largest absolute Gasteiger partial charge is 0.366 e. The molecule has 0 radical (unpaired) electrons. The average Bonchev–Trinajstić information content (AvgIpc) is 1.80. The van der Waals surface area contributed by atoms with E-state index in [0.29, 0.717) is 6.61 Å². The number of unbranched alkanes of at least 4 members (excludes halogenated alkanes) is 1. The van der Waals surface area contributed by atoms with E-state index >= 15 is 0 Å². The topological polar surface area (TPSA) is 38.7 Å². The van der Waals surface area contributed by atoms with Crippen molar-refractivity contribution in [3.8, 4) is 0 Å². The maximum atomic E-state index is 8.50. The molecule has 0 aliphatic heterocycles. The van der Waals surface area contributed by atoms with Gasteiger partial charge in [0.25, 0.3) is 0 Å². The summed E-state index contributed by atoms with van der Waals surface area (Å²) in [5.74, 6) is 0. The van der Waals surface area contributed by atoms with Gasteiger partial charge in [0.15, 0.2) is 6.29 Å². The molecule has 0 bridgehead atoms. The highest BCUT2D eigenvalue weighted by atomic mass is 17.2. The lowest BCUT2D eigenvalue weighted by molar-refractivity contribution is -0.364. The maximum Gasteiger partial charge on any atom is 0.185 e. The fourth-order valence-corrected chi connectivity index (χ4v) is 0.350. The van der Waals surface area contributed by atoms with Crippen molar-refractivity contribution >= 4 is 0 Å². The molecule has 0 aromatic rings. The number of aliphatic hydroxyl groups is 1. The van der Waals surface area contributed by atoms with Gasteiger partial charge in [0, 0.05) is 0 Å². The van der Waals surface area contributed by atoms with Crippen molar-refractivity contribution in [1.29, 1.82) is 0 Å². The Morgan fingerprint density at radius 1 is 1.56 bits per heavy atom. The first-order valence-electron chi connectivity index (χ1n) is 3.23. The molecule has 9 heavy (non-hydrogen) atoms. The van der Waals surface area contributed by atoms with Crippen molar-refractivity contribution in [3.05, 3.63) is 0 Å². The van der Waals surface area contributed by atoms with Crippen LogP contribution in [0.1, 0.15) is 26.7 Å². The van der Waals surface area contributed by atoms with Crippen molar-refractivity contribution in [2.45, 2.75) is 33.0 Å². The normalized spacial score (nSPS) is 13.7. The summed E-state index contributed by atoms with van der Waals surface area (Å²) >= 11 is 0. The molecule has 0 saturated carbocycles.